The number of anilines is 2. The first kappa shape index (κ1) is 21.4. The maximum absolute atomic E-state index is 13.2. The number of fused-ring (bicyclic) bond motifs is 2. The van der Waals surface area contributed by atoms with Crippen molar-refractivity contribution >= 4 is 48.3 Å². The van der Waals surface area contributed by atoms with Crippen LogP contribution in [0.1, 0.15) is 21.5 Å². The molecule has 0 saturated heterocycles. The van der Waals surface area contributed by atoms with Crippen molar-refractivity contribution in [1.82, 2.24) is 4.98 Å². The Kier molecular flexibility index (Phi) is 5.30. The number of rotatable bonds is 5. The van der Waals surface area contributed by atoms with Crippen molar-refractivity contribution < 1.29 is 17.9 Å². The first-order chi connectivity index (χ1) is 15.9. The number of nitrogens with one attached hydrogen (secondary N) is 1. The van der Waals surface area contributed by atoms with E-state index in [1.54, 1.807) is 7.11 Å². The Morgan fingerprint density at radius 3 is 2.61 bits per heavy atom. The lowest BCUT2D eigenvalue weighted by molar-refractivity contribution is 0.102. The molecule has 1 aliphatic rings. The summed E-state index contributed by atoms with van der Waals surface area (Å²) in [7, 11) is -2.12. The Labute approximate surface area is 195 Å². The van der Waals surface area contributed by atoms with Gasteiger partial charge in [-0.05, 0) is 60.9 Å². The van der Waals surface area contributed by atoms with Crippen LogP contribution < -0.4 is 14.4 Å². The third-order valence-electron chi connectivity index (χ3n) is 5.69. The van der Waals surface area contributed by atoms with Gasteiger partial charge in [-0.1, -0.05) is 35.6 Å². The van der Waals surface area contributed by atoms with E-state index in [0.29, 0.717) is 40.6 Å². The van der Waals surface area contributed by atoms with Gasteiger partial charge in [-0.25, -0.2) is 13.4 Å². The number of thiazole rings is 1. The minimum Gasteiger partial charge on any atom is -0.494 e. The second-order valence-corrected chi connectivity index (χ2v) is 10.6. The van der Waals surface area contributed by atoms with E-state index in [1.807, 2.05) is 43.3 Å². The van der Waals surface area contributed by atoms with E-state index >= 15 is 0 Å². The van der Waals surface area contributed by atoms with Crippen molar-refractivity contribution in [3.05, 3.63) is 77.4 Å². The standard InChI is InChI=1S/C24H21N3O4S2/c1-15-7-12-20(31-2)21-22(15)32-24(25-21)26-23(28)17-8-10-18(11-9-17)33(29,30)27-14-13-16-5-3-4-6-19(16)27/h3-12H,13-14H2,1-2H3,(H,25,26,28). The second kappa shape index (κ2) is 8.17. The molecule has 5 rings (SSSR count). The molecule has 1 amide bonds. The predicted molar refractivity (Wildman–Crippen MR) is 130 cm³/mol. The van der Waals surface area contributed by atoms with Crippen molar-refractivity contribution in [3.63, 3.8) is 0 Å². The van der Waals surface area contributed by atoms with Crippen LogP contribution in [0.5, 0.6) is 5.75 Å². The fraction of sp³-hybridized carbons (Fsp3) is 0.167. The van der Waals surface area contributed by atoms with Crippen LogP contribution in [0.25, 0.3) is 10.2 Å². The maximum Gasteiger partial charge on any atom is 0.264 e. The van der Waals surface area contributed by atoms with Gasteiger partial charge in [0, 0.05) is 12.1 Å². The van der Waals surface area contributed by atoms with Gasteiger partial charge >= 0.3 is 0 Å². The number of methoxy groups -OCH3 is 1. The molecule has 3 aromatic carbocycles. The number of nitrogens with zero attached hydrogens (tertiary/aromatic N) is 2. The Balaban J connectivity index is 1.37. The summed E-state index contributed by atoms with van der Waals surface area (Å²) in [6, 6.07) is 17.3. The molecule has 0 spiro atoms. The summed E-state index contributed by atoms with van der Waals surface area (Å²) in [4.78, 5) is 17.4. The normalized spacial score (nSPS) is 13.2. The molecule has 1 aromatic heterocycles. The summed E-state index contributed by atoms with van der Waals surface area (Å²) < 4.78 is 34.1. The Hall–Kier alpha value is -3.43. The van der Waals surface area contributed by atoms with E-state index in [9.17, 15) is 13.2 Å². The topological polar surface area (TPSA) is 88.6 Å². The lowest BCUT2D eigenvalue weighted by Crippen LogP contribution is -2.29. The molecule has 33 heavy (non-hydrogen) atoms. The number of amides is 1. The van der Waals surface area contributed by atoms with Crippen molar-refractivity contribution in [2.75, 3.05) is 23.3 Å². The first-order valence-electron chi connectivity index (χ1n) is 10.3. The van der Waals surface area contributed by atoms with Crippen LogP contribution in [0.3, 0.4) is 0 Å². The quantitative estimate of drug-likeness (QED) is 0.451. The molecule has 0 atom stereocenters. The third-order valence-corrected chi connectivity index (χ3v) is 8.63. The number of aryl methyl sites for hydroxylation is 1. The van der Waals surface area contributed by atoms with Gasteiger partial charge < -0.3 is 4.74 Å². The number of carbonyl (C=O) groups is 1. The summed E-state index contributed by atoms with van der Waals surface area (Å²) >= 11 is 1.37. The van der Waals surface area contributed by atoms with Crippen LogP contribution in [0.4, 0.5) is 10.8 Å². The first-order valence-corrected chi connectivity index (χ1v) is 12.6. The molecule has 0 radical (unpaired) electrons. The number of hydrogen-bond acceptors (Lipinski definition) is 6. The van der Waals surface area contributed by atoms with Gasteiger partial charge in [0.25, 0.3) is 15.9 Å². The van der Waals surface area contributed by atoms with Gasteiger partial charge in [-0.3, -0.25) is 14.4 Å². The van der Waals surface area contributed by atoms with Gasteiger partial charge in [0.15, 0.2) is 5.13 Å². The van der Waals surface area contributed by atoms with E-state index in [4.69, 9.17) is 4.74 Å². The molecular formula is C24H21N3O4S2. The molecule has 0 aliphatic carbocycles. The number of aromatic nitrogens is 1. The van der Waals surface area contributed by atoms with Gasteiger partial charge in [-0.2, -0.15) is 0 Å². The third kappa shape index (κ3) is 3.73. The summed E-state index contributed by atoms with van der Waals surface area (Å²) in [5.41, 5.74) is 3.81. The van der Waals surface area contributed by atoms with Crippen molar-refractivity contribution in [2.24, 2.45) is 0 Å². The molecule has 9 heteroatoms. The van der Waals surface area contributed by atoms with Gasteiger partial charge in [0.2, 0.25) is 0 Å². The monoisotopic (exact) mass is 479 g/mol. The molecule has 168 valence electrons. The van der Waals surface area contributed by atoms with E-state index in [2.05, 4.69) is 10.3 Å². The molecule has 7 nitrogen and oxygen atoms in total. The highest BCUT2D eigenvalue weighted by atomic mass is 32.2. The van der Waals surface area contributed by atoms with E-state index < -0.39 is 10.0 Å². The van der Waals surface area contributed by atoms with Gasteiger partial charge in [-0.15, -0.1) is 0 Å². The van der Waals surface area contributed by atoms with Crippen LogP contribution in [0, 0.1) is 6.92 Å². The van der Waals surface area contributed by atoms with E-state index in [-0.39, 0.29) is 10.8 Å². The number of para-hydroxylation sites is 1. The molecule has 1 aliphatic heterocycles. The number of benzene rings is 3. The van der Waals surface area contributed by atoms with Crippen LogP contribution in [-0.2, 0) is 16.4 Å². The molecule has 4 aromatic rings. The smallest absolute Gasteiger partial charge is 0.264 e. The average molecular weight is 480 g/mol. The Morgan fingerprint density at radius 1 is 1.09 bits per heavy atom. The molecule has 0 unspecified atom stereocenters. The highest BCUT2D eigenvalue weighted by Crippen LogP contribution is 2.35. The van der Waals surface area contributed by atoms with Crippen molar-refractivity contribution in [2.45, 2.75) is 18.2 Å². The van der Waals surface area contributed by atoms with Crippen molar-refractivity contribution in [3.8, 4) is 5.75 Å². The molecule has 0 bridgehead atoms. The van der Waals surface area contributed by atoms with E-state index in [1.165, 1.54) is 39.9 Å². The highest BCUT2D eigenvalue weighted by Gasteiger charge is 2.30. The molecular weight excluding hydrogens is 458 g/mol. The fourth-order valence-electron chi connectivity index (χ4n) is 3.96. The summed E-state index contributed by atoms with van der Waals surface area (Å²) in [5.74, 6) is 0.284. The molecule has 0 saturated carbocycles. The zero-order valence-electron chi connectivity index (χ0n) is 18.0. The lowest BCUT2D eigenvalue weighted by atomic mass is 10.2. The number of ether oxygens (including phenoxy) is 1. The Bertz CT molecular complexity index is 1480. The van der Waals surface area contributed by atoms with Crippen molar-refractivity contribution in [1.29, 1.82) is 0 Å². The minimum absolute atomic E-state index is 0.149. The average Bonchev–Trinajstić information content (AvgIpc) is 3.45. The lowest BCUT2D eigenvalue weighted by Gasteiger charge is -2.19. The minimum atomic E-state index is -3.71. The number of carbonyl (C=O) groups excluding carboxylic acids is 1. The molecule has 1 N–H and O–H groups in total. The summed E-state index contributed by atoms with van der Waals surface area (Å²) in [6.45, 7) is 2.38. The van der Waals surface area contributed by atoms with Crippen LogP contribution in [0.2, 0.25) is 0 Å². The summed E-state index contributed by atoms with van der Waals surface area (Å²) in [6.07, 6.45) is 0.683. The number of hydrogen-bond donors (Lipinski definition) is 1. The highest BCUT2D eigenvalue weighted by molar-refractivity contribution is 7.92. The van der Waals surface area contributed by atoms with E-state index in [0.717, 1.165) is 15.8 Å². The second-order valence-electron chi connectivity index (χ2n) is 7.72. The SMILES string of the molecule is COc1ccc(C)c2sc(NC(=O)c3ccc(S(=O)(=O)N4CCc5ccccc54)cc3)nc12. The largest absolute Gasteiger partial charge is 0.494 e. The predicted octanol–water partition coefficient (Wildman–Crippen LogP) is 4.62. The molecule has 0 fully saturated rings. The fourth-order valence-corrected chi connectivity index (χ4v) is 6.41. The summed E-state index contributed by atoms with van der Waals surface area (Å²) in [5, 5.41) is 3.26. The van der Waals surface area contributed by atoms with Crippen LogP contribution >= 0.6 is 11.3 Å². The zero-order chi connectivity index (χ0) is 23.2. The van der Waals surface area contributed by atoms with Crippen LogP contribution in [-0.4, -0.2) is 33.0 Å². The maximum atomic E-state index is 13.2. The van der Waals surface area contributed by atoms with Gasteiger partial charge in [0.1, 0.15) is 11.3 Å². The number of sulfonamides is 1. The Morgan fingerprint density at radius 2 is 1.85 bits per heavy atom. The van der Waals surface area contributed by atoms with Crippen LogP contribution in [0.15, 0.2) is 65.6 Å². The molecule has 2 heterocycles. The zero-order valence-corrected chi connectivity index (χ0v) is 19.7. The van der Waals surface area contributed by atoms with Gasteiger partial charge in [0.05, 0.1) is 22.4 Å².